The van der Waals surface area contributed by atoms with E-state index in [0.717, 1.165) is 0 Å². The van der Waals surface area contributed by atoms with Gasteiger partial charge in [-0.1, -0.05) is 23.2 Å². The molecule has 0 bridgehead atoms. The summed E-state index contributed by atoms with van der Waals surface area (Å²) in [4.78, 5) is 22.0. The van der Waals surface area contributed by atoms with Crippen LogP contribution in [0.5, 0.6) is 0 Å². The molecule has 0 saturated heterocycles. The van der Waals surface area contributed by atoms with Gasteiger partial charge in [-0.25, -0.2) is 5.32 Å². The first-order chi connectivity index (χ1) is 7.00. The number of nitrogens with two attached hydrogens (primary N) is 1. The van der Waals surface area contributed by atoms with Gasteiger partial charge < -0.3 is 11.1 Å². The van der Waals surface area contributed by atoms with Crippen molar-refractivity contribution >= 4 is 52.1 Å². The van der Waals surface area contributed by atoms with E-state index in [1.54, 1.807) is 0 Å². The Kier molecular flexibility index (Phi) is 2.21. The number of fused-ring (bicyclic) bond motifs is 1. The van der Waals surface area contributed by atoms with E-state index < -0.39 is 11.8 Å². The second-order valence-electron chi connectivity index (χ2n) is 2.85. The number of benzene rings is 1. The van der Waals surface area contributed by atoms with Crippen molar-refractivity contribution in [2.24, 2.45) is 0 Å². The summed E-state index contributed by atoms with van der Waals surface area (Å²) in [6.07, 6.45) is 0. The van der Waals surface area contributed by atoms with Gasteiger partial charge in [0.1, 0.15) is 5.69 Å². The number of hydrogen-bond donors (Lipinski definition) is 2. The Morgan fingerprint density at radius 2 is 1.93 bits per heavy atom. The van der Waals surface area contributed by atoms with Crippen LogP contribution in [0.25, 0.3) is 0 Å². The first kappa shape index (κ1) is 10.1. The predicted molar refractivity (Wildman–Crippen MR) is 56.3 cm³/mol. The third kappa shape index (κ3) is 1.49. The maximum atomic E-state index is 11.0. The largest absolute Gasteiger partial charge is 0.396 e. The van der Waals surface area contributed by atoms with Gasteiger partial charge in [-0.15, -0.1) is 0 Å². The zero-order chi connectivity index (χ0) is 11.2. The molecule has 0 spiro atoms. The Morgan fingerprint density at radius 3 is 2.60 bits per heavy atom. The molecule has 1 aromatic rings. The number of hydrogen-bond acceptors (Lipinski definition) is 3. The summed E-state index contributed by atoms with van der Waals surface area (Å²) in [6.45, 7) is 0. The van der Waals surface area contributed by atoms with Gasteiger partial charge in [0, 0.05) is 0 Å². The lowest BCUT2D eigenvalue weighted by Crippen LogP contribution is -2.33. The molecule has 5 nitrogen and oxygen atoms in total. The first-order valence-corrected chi connectivity index (χ1v) is 4.61. The Labute approximate surface area is 94.5 Å². The van der Waals surface area contributed by atoms with E-state index in [1.165, 1.54) is 6.07 Å². The number of anilines is 2. The van der Waals surface area contributed by atoms with Crippen LogP contribution in [-0.2, 0) is 9.59 Å². The van der Waals surface area contributed by atoms with Gasteiger partial charge in [0.25, 0.3) is 0 Å². The second-order valence-corrected chi connectivity index (χ2v) is 3.66. The van der Waals surface area contributed by atoms with Gasteiger partial charge in [-0.2, -0.15) is 0 Å². The van der Waals surface area contributed by atoms with Crippen molar-refractivity contribution in [1.29, 1.82) is 0 Å². The van der Waals surface area contributed by atoms with Crippen LogP contribution < -0.4 is 16.4 Å². The standard InChI is InChI=1S/C8H4Cl2N3O2/c9-2-1-3(10)5-6(4(2)11)13-8(15)7(14)12-5/h1H,11H2,(H,13,15). The fourth-order valence-electron chi connectivity index (χ4n) is 1.18. The lowest BCUT2D eigenvalue weighted by Gasteiger charge is -2.18. The van der Waals surface area contributed by atoms with Crippen molar-refractivity contribution in [1.82, 2.24) is 5.32 Å². The van der Waals surface area contributed by atoms with Gasteiger partial charge in [-0.3, -0.25) is 9.59 Å². The molecule has 7 heteroatoms. The van der Waals surface area contributed by atoms with E-state index in [1.807, 2.05) is 0 Å². The van der Waals surface area contributed by atoms with Crippen molar-refractivity contribution in [3.63, 3.8) is 0 Å². The van der Waals surface area contributed by atoms with E-state index >= 15 is 0 Å². The number of nitrogens with one attached hydrogen (secondary N) is 1. The summed E-state index contributed by atoms with van der Waals surface area (Å²) in [6, 6.07) is 1.37. The molecule has 2 rings (SSSR count). The number of amides is 2. The third-order valence-corrected chi connectivity index (χ3v) is 2.49. The topological polar surface area (TPSA) is 86.3 Å². The Hall–Kier alpha value is -1.46. The lowest BCUT2D eigenvalue weighted by molar-refractivity contribution is -0.135. The average Bonchev–Trinajstić information content (AvgIpc) is 2.18. The second kappa shape index (κ2) is 3.29. The molecule has 1 aromatic carbocycles. The minimum atomic E-state index is -0.911. The maximum absolute atomic E-state index is 11.0. The summed E-state index contributed by atoms with van der Waals surface area (Å²) in [5.41, 5.74) is 6.06. The minimum Gasteiger partial charge on any atom is -0.396 e. The number of nitrogens with zero attached hydrogens (tertiary/aromatic N) is 1. The molecule has 0 saturated carbocycles. The zero-order valence-electron chi connectivity index (χ0n) is 7.17. The van der Waals surface area contributed by atoms with Gasteiger partial charge in [0.15, 0.2) is 0 Å². The minimum absolute atomic E-state index is 0.140. The average molecular weight is 245 g/mol. The molecule has 0 aromatic heterocycles. The third-order valence-electron chi connectivity index (χ3n) is 1.89. The highest BCUT2D eigenvalue weighted by Gasteiger charge is 2.29. The van der Waals surface area contributed by atoms with Crippen molar-refractivity contribution in [2.45, 2.75) is 0 Å². The summed E-state index contributed by atoms with van der Waals surface area (Å²) < 4.78 is 0. The smallest absolute Gasteiger partial charge is 0.335 e. The van der Waals surface area contributed by atoms with Crippen LogP contribution >= 0.6 is 23.2 Å². The molecule has 1 heterocycles. The van der Waals surface area contributed by atoms with Gasteiger partial charge in [0.05, 0.1) is 21.4 Å². The van der Waals surface area contributed by atoms with Gasteiger partial charge in [0.2, 0.25) is 0 Å². The SMILES string of the molecule is Nc1c(Cl)cc(Cl)c2c1NC(=O)C(=O)[N]2. The number of carbonyl (C=O) groups excluding carboxylic acids is 2. The molecule has 0 unspecified atom stereocenters. The molecular formula is C8H4Cl2N3O2. The van der Waals surface area contributed by atoms with Crippen LogP contribution in [0.4, 0.5) is 17.1 Å². The van der Waals surface area contributed by atoms with Crippen LogP contribution in [0.3, 0.4) is 0 Å². The summed E-state index contributed by atoms with van der Waals surface area (Å²) in [5.74, 6) is -1.77. The Morgan fingerprint density at radius 1 is 1.27 bits per heavy atom. The quantitative estimate of drug-likeness (QED) is 0.533. The lowest BCUT2D eigenvalue weighted by atomic mass is 10.2. The van der Waals surface area contributed by atoms with E-state index in [2.05, 4.69) is 10.6 Å². The van der Waals surface area contributed by atoms with Crippen molar-refractivity contribution in [3.05, 3.63) is 16.1 Å². The highest BCUT2D eigenvalue weighted by atomic mass is 35.5. The highest BCUT2D eigenvalue weighted by molar-refractivity contribution is 6.46. The van der Waals surface area contributed by atoms with Crippen LogP contribution in [0.2, 0.25) is 10.0 Å². The van der Waals surface area contributed by atoms with Crippen molar-refractivity contribution in [3.8, 4) is 0 Å². The number of nitrogen functional groups attached to an aromatic ring is 1. The maximum Gasteiger partial charge on any atom is 0.335 e. The van der Waals surface area contributed by atoms with E-state index in [9.17, 15) is 9.59 Å². The normalized spacial score (nSPS) is 14.3. The number of halogens is 2. The molecule has 2 amide bonds. The molecule has 15 heavy (non-hydrogen) atoms. The molecule has 0 aliphatic carbocycles. The Bertz CT molecular complexity index is 487. The number of carbonyl (C=O) groups is 2. The van der Waals surface area contributed by atoms with Crippen LogP contribution in [-0.4, -0.2) is 11.8 Å². The first-order valence-electron chi connectivity index (χ1n) is 3.85. The van der Waals surface area contributed by atoms with Crippen LogP contribution in [0.15, 0.2) is 6.07 Å². The summed E-state index contributed by atoms with van der Waals surface area (Å²) in [5, 5.41) is 6.15. The van der Waals surface area contributed by atoms with E-state index in [0.29, 0.717) is 0 Å². The van der Waals surface area contributed by atoms with E-state index in [-0.39, 0.29) is 27.1 Å². The van der Waals surface area contributed by atoms with Gasteiger partial charge in [-0.05, 0) is 6.07 Å². The monoisotopic (exact) mass is 244 g/mol. The summed E-state index contributed by atoms with van der Waals surface area (Å²) >= 11 is 11.5. The fraction of sp³-hybridized carbons (Fsp3) is 0. The van der Waals surface area contributed by atoms with Crippen LogP contribution in [0, 0.1) is 0 Å². The molecule has 1 radical (unpaired) electrons. The molecule has 0 atom stereocenters. The number of rotatable bonds is 0. The fourth-order valence-corrected chi connectivity index (χ4v) is 1.68. The Balaban J connectivity index is 2.66. The molecule has 1 aliphatic heterocycles. The van der Waals surface area contributed by atoms with Crippen molar-refractivity contribution < 1.29 is 9.59 Å². The molecule has 3 N–H and O–H groups in total. The van der Waals surface area contributed by atoms with E-state index in [4.69, 9.17) is 28.9 Å². The predicted octanol–water partition coefficient (Wildman–Crippen LogP) is 1.29. The molecular weight excluding hydrogens is 241 g/mol. The molecule has 77 valence electrons. The molecule has 1 aliphatic rings. The highest BCUT2D eigenvalue weighted by Crippen LogP contribution is 2.41. The van der Waals surface area contributed by atoms with Crippen LogP contribution in [0.1, 0.15) is 0 Å². The summed E-state index contributed by atoms with van der Waals surface area (Å²) in [7, 11) is 0. The zero-order valence-corrected chi connectivity index (χ0v) is 8.69. The van der Waals surface area contributed by atoms with Gasteiger partial charge >= 0.3 is 11.8 Å². The van der Waals surface area contributed by atoms with Crippen molar-refractivity contribution in [2.75, 3.05) is 11.1 Å². The molecule has 0 fully saturated rings.